The number of nitrogens with one attached hydrogen (secondary N) is 3. The minimum atomic E-state index is -0.858. The maximum Gasteiger partial charge on any atom is 0.314 e. The molecular formula is C13H25N3O4. The third-order valence-electron chi connectivity index (χ3n) is 2.60. The van der Waals surface area contributed by atoms with Crippen molar-refractivity contribution in [2.45, 2.75) is 33.6 Å². The van der Waals surface area contributed by atoms with Crippen molar-refractivity contribution in [1.29, 1.82) is 0 Å². The molecule has 0 heterocycles. The molecule has 0 unspecified atom stereocenters. The second kappa shape index (κ2) is 10.1. The quantitative estimate of drug-likeness (QED) is 0.465. The van der Waals surface area contributed by atoms with Gasteiger partial charge in [-0.2, -0.15) is 0 Å². The Hall–Kier alpha value is -1.79. The number of hydrogen-bond acceptors (Lipinski definition) is 3. The molecule has 116 valence electrons. The van der Waals surface area contributed by atoms with Gasteiger partial charge in [0.1, 0.15) is 0 Å². The average Bonchev–Trinajstić information content (AvgIpc) is 2.30. The van der Waals surface area contributed by atoms with E-state index in [4.69, 9.17) is 5.11 Å². The van der Waals surface area contributed by atoms with E-state index in [0.29, 0.717) is 25.6 Å². The van der Waals surface area contributed by atoms with Crippen LogP contribution in [0.2, 0.25) is 0 Å². The SMILES string of the molecule is CC(=O)NCCNC(=O)NC[C@H](CC(=O)O)CC(C)C. The Kier molecular flexibility index (Phi) is 9.15. The van der Waals surface area contributed by atoms with E-state index in [9.17, 15) is 14.4 Å². The van der Waals surface area contributed by atoms with Crippen LogP contribution in [-0.4, -0.2) is 42.6 Å². The summed E-state index contributed by atoms with van der Waals surface area (Å²) < 4.78 is 0. The van der Waals surface area contributed by atoms with E-state index < -0.39 is 5.97 Å². The summed E-state index contributed by atoms with van der Waals surface area (Å²) in [7, 11) is 0. The molecule has 0 saturated heterocycles. The molecule has 0 aliphatic heterocycles. The van der Waals surface area contributed by atoms with Gasteiger partial charge in [-0.05, 0) is 18.3 Å². The lowest BCUT2D eigenvalue weighted by Crippen LogP contribution is -2.42. The predicted molar refractivity (Wildman–Crippen MR) is 75.3 cm³/mol. The molecule has 0 radical (unpaired) electrons. The Balaban J connectivity index is 3.91. The molecule has 0 saturated carbocycles. The fraction of sp³-hybridized carbons (Fsp3) is 0.769. The summed E-state index contributed by atoms with van der Waals surface area (Å²) in [4.78, 5) is 32.8. The Morgan fingerprint density at radius 3 is 2.15 bits per heavy atom. The Morgan fingerprint density at radius 1 is 1.05 bits per heavy atom. The first-order valence-corrected chi connectivity index (χ1v) is 6.79. The molecule has 0 spiro atoms. The first-order chi connectivity index (χ1) is 9.31. The summed E-state index contributed by atoms with van der Waals surface area (Å²) in [5, 5.41) is 16.6. The summed E-state index contributed by atoms with van der Waals surface area (Å²) in [6.45, 7) is 6.47. The number of carbonyl (C=O) groups is 3. The van der Waals surface area contributed by atoms with E-state index in [-0.39, 0.29) is 24.3 Å². The number of rotatable bonds is 9. The Bertz CT molecular complexity index is 332. The Labute approximate surface area is 119 Å². The number of carbonyl (C=O) groups excluding carboxylic acids is 2. The van der Waals surface area contributed by atoms with Gasteiger partial charge in [0.15, 0.2) is 0 Å². The minimum Gasteiger partial charge on any atom is -0.481 e. The summed E-state index contributed by atoms with van der Waals surface area (Å²) in [5.74, 6) is -0.702. The van der Waals surface area contributed by atoms with Gasteiger partial charge in [-0.15, -0.1) is 0 Å². The average molecular weight is 287 g/mol. The Morgan fingerprint density at radius 2 is 1.65 bits per heavy atom. The molecule has 7 heteroatoms. The lowest BCUT2D eigenvalue weighted by atomic mass is 9.94. The van der Waals surface area contributed by atoms with Gasteiger partial charge < -0.3 is 21.1 Å². The van der Waals surface area contributed by atoms with E-state index in [1.54, 1.807) is 0 Å². The van der Waals surface area contributed by atoms with Crippen molar-refractivity contribution < 1.29 is 19.5 Å². The van der Waals surface area contributed by atoms with Gasteiger partial charge in [0.2, 0.25) is 5.91 Å². The highest BCUT2D eigenvalue weighted by atomic mass is 16.4. The molecule has 0 bridgehead atoms. The highest BCUT2D eigenvalue weighted by Gasteiger charge is 2.15. The molecule has 4 N–H and O–H groups in total. The summed E-state index contributed by atoms with van der Waals surface area (Å²) >= 11 is 0. The molecule has 3 amide bonds. The first-order valence-electron chi connectivity index (χ1n) is 6.79. The third-order valence-corrected chi connectivity index (χ3v) is 2.60. The topological polar surface area (TPSA) is 108 Å². The van der Waals surface area contributed by atoms with Gasteiger partial charge >= 0.3 is 12.0 Å². The minimum absolute atomic E-state index is 0.0460. The highest BCUT2D eigenvalue weighted by molar-refractivity contribution is 5.74. The number of carboxylic acids is 1. The van der Waals surface area contributed by atoms with Gasteiger partial charge in [-0.25, -0.2) is 4.79 Å². The molecule has 0 aliphatic rings. The lowest BCUT2D eigenvalue weighted by molar-refractivity contribution is -0.138. The van der Waals surface area contributed by atoms with Crippen LogP contribution in [0.5, 0.6) is 0 Å². The van der Waals surface area contributed by atoms with Crippen LogP contribution in [0.3, 0.4) is 0 Å². The molecule has 0 aliphatic carbocycles. The molecule has 20 heavy (non-hydrogen) atoms. The van der Waals surface area contributed by atoms with E-state index in [1.165, 1.54) is 6.92 Å². The number of aliphatic carboxylic acids is 1. The molecule has 0 aromatic heterocycles. The van der Waals surface area contributed by atoms with E-state index in [1.807, 2.05) is 13.8 Å². The lowest BCUT2D eigenvalue weighted by Gasteiger charge is -2.18. The van der Waals surface area contributed by atoms with Crippen LogP contribution in [0.4, 0.5) is 4.79 Å². The van der Waals surface area contributed by atoms with Crippen LogP contribution in [0.25, 0.3) is 0 Å². The van der Waals surface area contributed by atoms with Crippen LogP contribution >= 0.6 is 0 Å². The maximum absolute atomic E-state index is 11.5. The smallest absolute Gasteiger partial charge is 0.314 e. The van der Waals surface area contributed by atoms with Gasteiger partial charge in [-0.3, -0.25) is 9.59 Å². The maximum atomic E-state index is 11.5. The number of carboxylic acid groups (broad SMARTS) is 1. The van der Waals surface area contributed by atoms with Crippen LogP contribution in [0, 0.1) is 11.8 Å². The van der Waals surface area contributed by atoms with E-state index in [2.05, 4.69) is 16.0 Å². The zero-order valence-electron chi connectivity index (χ0n) is 12.4. The van der Waals surface area contributed by atoms with Gasteiger partial charge in [0.05, 0.1) is 0 Å². The molecule has 1 atom stereocenters. The fourth-order valence-electron chi connectivity index (χ4n) is 1.87. The number of amides is 3. The second-order valence-electron chi connectivity index (χ2n) is 5.21. The van der Waals surface area contributed by atoms with Gasteiger partial charge in [0, 0.05) is 33.0 Å². The molecule has 7 nitrogen and oxygen atoms in total. The second-order valence-corrected chi connectivity index (χ2v) is 5.21. The van der Waals surface area contributed by atoms with Crippen molar-refractivity contribution in [1.82, 2.24) is 16.0 Å². The monoisotopic (exact) mass is 287 g/mol. The van der Waals surface area contributed by atoms with Crippen LogP contribution in [-0.2, 0) is 9.59 Å². The van der Waals surface area contributed by atoms with Crippen molar-refractivity contribution >= 4 is 17.9 Å². The molecule has 0 rings (SSSR count). The molecular weight excluding hydrogens is 262 g/mol. The first kappa shape index (κ1) is 18.2. The number of hydrogen-bond donors (Lipinski definition) is 4. The molecule has 0 aromatic carbocycles. The van der Waals surface area contributed by atoms with Crippen molar-refractivity contribution in [3.05, 3.63) is 0 Å². The largest absolute Gasteiger partial charge is 0.481 e. The van der Waals surface area contributed by atoms with Crippen molar-refractivity contribution in [2.24, 2.45) is 11.8 Å². The van der Waals surface area contributed by atoms with Crippen LogP contribution in [0.1, 0.15) is 33.6 Å². The van der Waals surface area contributed by atoms with E-state index >= 15 is 0 Å². The molecule has 0 fully saturated rings. The normalized spacial score (nSPS) is 11.8. The third kappa shape index (κ3) is 11.3. The molecule has 0 aromatic rings. The standard InChI is InChI=1S/C13H25N3O4/c1-9(2)6-11(7-12(18)19)8-16-13(20)15-5-4-14-10(3)17/h9,11H,4-8H2,1-3H3,(H,14,17)(H,18,19)(H2,15,16,20)/t11-/m0/s1. The zero-order valence-corrected chi connectivity index (χ0v) is 12.4. The predicted octanol–water partition coefficient (Wildman–Crippen LogP) is 0.559. The van der Waals surface area contributed by atoms with Gasteiger partial charge in [-0.1, -0.05) is 13.8 Å². The van der Waals surface area contributed by atoms with Crippen LogP contribution < -0.4 is 16.0 Å². The van der Waals surface area contributed by atoms with Crippen LogP contribution in [0.15, 0.2) is 0 Å². The fourth-order valence-corrected chi connectivity index (χ4v) is 1.87. The summed E-state index contributed by atoms with van der Waals surface area (Å²) in [6.07, 6.45) is 0.794. The van der Waals surface area contributed by atoms with Crippen molar-refractivity contribution in [3.63, 3.8) is 0 Å². The number of urea groups is 1. The van der Waals surface area contributed by atoms with Crippen molar-refractivity contribution in [2.75, 3.05) is 19.6 Å². The highest BCUT2D eigenvalue weighted by Crippen LogP contribution is 2.14. The van der Waals surface area contributed by atoms with Gasteiger partial charge in [0.25, 0.3) is 0 Å². The van der Waals surface area contributed by atoms with Crippen molar-refractivity contribution in [3.8, 4) is 0 Å². The summed E-state index contributed by atoms with van der Waals surface area (Å²) in [5.41, 5.74) is 0. The van der Waals surface area contributed by atoms with E-state index in [0.717, 1.165) is 6.42 Å². The zero-order chi connectivity index (χ0) is 15.5. The summed E-state index contributed by atoms with van der Waals surface area (Å²) in [6, 6.07) is -0.352.